The second kappa shape index (κ2) is 10.3. The maximum Gasteiger partial charge on any atom is 0.317 e. The van der Waals surface area contributed by atoms with Crippen LogP contribution in [0.5, 0.6) is 0 Å². The largest absolute Gasteiger partial charge is 0.339 e. The number of hydrogen-bond acceptors (Lipinski definition) is 3. The van der Waals surface area contributed by atoms with Crippen molar-refractivity contribution in [3.8, 4) is 5.69 Å². The van der Waals surface area contributed by atoms with Crippen molar-refractivity contribution in [2.24, 2.45) is 0 Å². The van der Waals surface area contributed by atoms with E-state index in [9.17, 15) is 9.59 Å². The Balaban J connectivity index is 1.18. The number of hydrogen-bond donors (Lipinski definition) is 1. The van der Waals surface area contributed by atoms with Crippen LogP contribution in [0.2, 0.25) is 0 Å². The molecule has 7 heteroatoms. The van der Waals surface area contributed by atoms with E-state index in [-0.39, 0.29) is 11.9 Å². The number of carbonyl (C=O) groups excluding carboxylic acids is 2. The maximum absolute atomic E-state index is 13.0. The number of fused-ring (bicyclic) bond motifs is 1. The molecule has 5 rings (SSSR count). The number of piperazine rings is 1. The van der Waals surface area contributed by atoms with Crippen LogP contribution in [0.3, 0.4) is 0 Å². The molecule has 0 atom stereocenters. The summed E-state index contributed by atoms with van der Waals surface area (Å²) >= 11 is 0. The number of nitrogens with one attached hydrogen (secondary N) is 1. The molecule has 1 saturated heterocycles. The van der Waals surface area contributed by atoms with E-state index in [1.165, 1.54) is 19.3 Å². The molecule has 1 saturated carbocycles. The van der Waals surface area contributed by atoms with Crippen molar-refractivity contribution >= 4 is 23.0 Å². The van der Waals surface area contributed by atoms with E-state index >= 15 is 0 Å². The van der Waals surface area contributed by atoms with Crippen molar-refractivity contribution in [2.75, 3.05) is 26.2 Å². The number of aromatic nitrogens is 2. The fourth-order valence-electron chi connectivity index (χ4n) is 5.16. The van der Waals surface area contributed by atoms with Crippen molar-refractivity contribution in [3.05, 3.63) is 60.4 Å². The number of amides is 3. The van der Waals surface area contributed by atoms with Gasteiger partial charge in [-0.3, -0.25) is 9.36 Å². The zero-order valence-corrected chi connectivity index (χ0v) is 19.7. The highest BCUT2D eigenvalue weighted by atomic mass is 16.2. The standard InChI is InChI=1S/C27H33N5O2/c33-26(30-17-19-31(20-18-30)27(34)28-21-9-3-1-4-10-21)16-15-25-29-23-13-7-8-14-24(23)32(25)22-11-5-2-6-12-22/h2,5-8,11-14,21H,1,3-4,9-10,15-20H2,(H,28,34). The fourth-order valence-corrected chi connectivity index (χ4v) is 5.16. The van der Waals surface area contributed by atoms with E-state index in [1.54, 1.807) is 0 Å². The van der Waals surface area contributed by atoms with Crippen LogP contribution in [-0.2, 0) is 11.2 Å². The fraction of sp³-hybridized carbons (Fsp3) is 0.444. The molecule has 2 aromatic carbocycles. The summed E-state index contributed by atoms with van der Waals surface area (Å²) in [6.45, 7) is 2.36. The summed E-state index contributed by atoms with van der Waals surface area (Å²) in [4.78, 5) is 34.2. The lowest BCUT2D eigenvalue weighted by atomic mass is 9.96. The Bertz CT molecular complexity index is 1130. The first kappa shape index (κ1) is 22.4. The number of aryl methyl sites for hydroxylation is 1. The minimum absolute atomic E-state index is 0.0237. The van der Waals surface area contributed by atoms with Gasteiger partial charge in [-0.05, 0) is 37.1 Å². The first-order chi connectivity index (χ1) is 16.7. The van der Waals surface area contributed by atoms with Crippen molar-refractivity contribution in [1.29, 1.82) is 0 Å². The molecule has 2 heterocycles. The Kier molecular flexibility index (Phi) is 6.79. The van der Waals surface area contributed by atoms with Crippen LogP contribution >= 0.6 is 0 Å². The number of para-hydroxylation sites is 3. The second-order valence-electron chi connectivity index (χ2n) is 9.34. The minimum atomic E-state index is 0.0237. The number of imidazole rings is 1. The Labute approximate surface area is 200 Å². The van der Waals surface area contributed by atoms with Crippen molar-refractivity contribution in [2.45, 2.75) is 51.0 Å². The molecule has 1 aromatic heterocycles. The third kappa shape index (κ3) is 4.93. The van der Waals surface area contributed by atoms with Gasteiger partial charge in [-0.25, -0.2) is 9.78 Å². The predicted molar refractivity (Wildman–Crippen MR) is 133 cm³/mol. The van der Waals surface area contributed by atoms with Crippen LogP contribution < -0.4 is 5.32 Å². The summed E-state index contributed by atoms with van der Waals surface area (Å²) in [7, 11) is 0. The lowest BCUT2D eigenvalue weighted by molar-refractivity contribution is -0.132. The van der Waals surface area contributed by atoms with E-state index in [0.29, 0.717) is 45.1 Å². The number of nitrogens with zero attached hydrogens (tertiary/aromatic N) is 4. The van der Waals surface area contributed by atoms with Crippen molar-refractivity contribution < 1.29 is 9.59 Å². The highest BCUT2D eigenvalue weighted by molar-refractivity contribution is 5.80. The average Bonchev–Trinajstić information content (AvgIpc) is 3.27. The van der Waals surface area contributed by atoms with Gasteiger partial charge in [0.2, 0.25) is 5.91 Å². The highest BCUT2D eigenvalue weighted by Gasteiger charge is 2.26. The quantitative estimate of drug-likeness (QED) is 0.623. The third-order valence-electron chi connectivity index (χ3n) is 7.06. The van der Waals surface area contributed by atoms with Crippen LogP contribution in [0.15, 0.2) is 54.6 Å². The molecule has 7 nitrogen and oxygen atoms in total. The summed E-state index contributed by atoms with van der Waals surface area (Å²) in [5, 5.41) is 3.19. The summed E-state index contributed by atoms with van der Waals surface area (Å²) in [5.74, 6) is 1.02. The van der Waals surface area contributed by atoms with Crippen molar-refractivity contribution in [1.82, 2.24) is 24.7 Å². The molecule has 3 amide bonds. The summed E-state index contributed by atoms with van der Waals surface area (Å²) in [6, 6.07) is 18.6. The van der Waals surface area contributed by atoms with E-state index < -0.39 is 0 Å². The van der Waals surface area contributed by atoms with Gasteiger partial charge in [0, 0.05) is 50.7 Å². The Morgan fingerprint density at radius 3 is 2.29 bits per heavy atom. The topological polar surface area (TPSA) is 70.5 Å². The van der Waals surface area contributed by atoms with Crippen LogP contribution in [-0.4, -0.2) is 63.5 Å². The molecular formula is C27H33N5O2. The van der Waals surface area contributed by atoms with Gasteiger partial charge in [-0.15, -0.1) is 0 Å². The number of benzene rings is 2. The van der Waals surface area contributed by atoms with E-state index in [4.69, 9.17) is 4.98 Å². The number of carbonyl (C=O) groups is 2. The van der Waals surface area contributed by atoms with Crippen LogP contribution in [0, 0.1) is 0 Å². The summed E-state index contributed by atoms with van der Waals surface area (Å²) in [6.07, 6.45) is 6.82. The lowest BCUT2D eigenvalue weighted by Gasteiger charge is -2.36. The van der Waals surface area contributed by atoms with Gasteiger partial charge in [-0.1, -0.05) is 49.6 Å². The van der Waals surface area contributed by atoms with Gasteiger partial charge < -0.3 is 15.1 Å². The van der Waals surface area contributed by atoms with E-state index in [2.05, 4.69) is 28.1 Å². The molecule has 2 aliphatic rings. The van der Waals surface area contributed by atoms with Crippen LogP contribution in [0.1, 0.15) is 44.3 Å². The SMILES string of the molecule is O=C(CCc1nc2ccccc2n1-c1ccccc1)N1CCN(C(=O)NC2CCCCC2)CC1. The third-order valence-corrected chi connectivity index (χ3v) is 7.06. The van der Waals surface area contributed by atoms with Gasteiger partial charge in [0.05, 0.1) is 11.0 Å². The molecule has 178 valence electrons. The second-order valence-corrected chi connectivity index (χ2v) is 9.34. The molecule has 1 aliphatic carbocycles. The highest BCUT2D eigenvalue weighted by Crippen LogP contribution is 2.23. The lowest BCUT2D eigenvalue weighted by Crippen LogP contribution is -2.54. The number of rotatable bonds is 5. The number of urea groups is 1. The van der Waals surface area contributed by atoms with Crippen LogP contribution in [0.25, 0.3) is 16.7 Å². The molecule has 0 radical (unpaired) electrons. The Morgan fingerprint density at radius 1 is 0.853 bits per heavy atom. The normalized spacial score (nSPS) is 17.2. The predicted octanol–water partition coefficient (Wildman–Crippen LogP) is 4.14. The van der Waals surface area contributed by atoms with Gasteiger partial charge in [-0.2, -0.15) is 0 Å². The maximum atomic E-state index is 13.0. The van der Waals surface area contributed by atoms with Crippen LogP contribution in [0.4, 0.5) is 4.79 Å². The summed E-state index contributed by atoms with van der Waals surface area (Å²) < 4.78 is 2.15. The first-order valence-corrected chi connectivity index (χ1v) is 12.5. The van der Waals surface area contributed by atoms with Gasteiger partial charge in [0.25, 0.3) is 0 Å². The van der Waals surface area contributed by atoms with Gasteiger partial charge in [0.1, 0.15) is 5.82 Å². The molecular weight excluding hydrogens is 426 g/mol. The Hall–Kier alpha value is -3.35. The molecule has 0 spiro atoms. The zero-order valence-electron chi connectivity index (χ0n) is 19.7. The molecule has 2 fully saturated rings. The summed E-state index contributed by atoms with van der Waals surface area (Å²) in [5.41, 5.74) is 3.04. The van der Waals surface area contributed by atoms with E-state index in [0.717, 1.165) is 35.4 Å². The smallest absolute Gasteiger partial charge is 0.317 e. The Morgan fingerprint density at radius 2 is 1.53 bits per heavy atom. The minimum Gasteiger partial charge on any atom is -0.339 e. The molecule has 34 heavy (non-hydrogen) atoms. The first-order valence-electron chi connectivity index (χ1n) is 12.5. The molecule has 1 aliphatic heterocycles. The molecule has 3 aromatic rings. The monoisotopic (exact) mass is 459 g/mol. The average molecular weight is 460 g/mol. The molecule has 0 unspecified atom stereocenters. The molecule has 1 N–H and O–H groups in total. The van der Waals surface area contributed by atoms with Gasteiger partial charge >= 0.3 is 6.03 Å². The van der Waals surface area contributed by atoms with E-state index in [1.807, 2.05) is 46.2 Å². The van der Waals surface area contributed by atoms with Crippen molar-refractivity contribution in [3.63, 3.8) is 0 Å². The molecule has 0 bridgehead atoms. The zero-order chi connectivity index (χ0) is 23.3. The van der Waals surface area contributed by atoms with Gasteiger partial charge in [0.15, 0.2) is 0 Å².